The third-order valence-electron chi connectivity index (χ3n) is 2.35. The van der Waals surface area contributed by atoms with Crippen molar-refractivity contribution < 1.29 is 9.53 Å². The van der Waals surface area contributed by atoms with Crippen molar-refractivity contribution in [2.75, 3.05) is 18.6 Å². The van der Waals surface area contributed by atoms with Crippen LogP contribution in [-0.2, 0) is 0 Å². The van der Waals surface area contributed by atoms with E-state index in [0.717, 1.165) is 5.56 Å². The van der Waals surface area contributed by atoms with Gasteiger partial charge in [-0.05, 0) is 25.5 Å². The number of aliphatic imine (C=N–C) groups is 1. The van der Waals surface area contributed by atoms with Gasteiger partial charge in [0.15, 0.2) is 5.96 Å². The minimum Gasteiger partial charge on any atom is -0.492 e. The molecule has 0 saturated heterocycles. The van der Waals surface area contributed by atoms with Gasteiger partial charge in [-0.25, -0.2) is 4.79 Å². The van der Waals surface area contributed by atoms with Crippen molar-refractivity contribution in [3.8, 4) is 5.75 Å². The fourth-order valence-corrected chi connectivity index (χ4v) is 1.61. The van der Waals surface area contributed by atoms with Gasteiger partial charge in [-0.1, -0.05) is 12.1 Å². The molecule has 0 heterocycles. The fraction of sp³-hybridized carbons (Fsp3) is 0.333. The van der Waals surface area contributed by atoms with E-state index in [1.807, 2.05) is 26.0 Å². The van der Waals surface area contributed by atoms with Gasteiger partial charge in [0.2, 0.25) is 0 Å². The van der Waals surface area contributed by atoms with Gasteiger partial charge in [0.05, 0.1) is 12.3 Å². The van der Waals surface area contributed by atoms with Gasteiger partial charge >= 0.3 is 6.03 Å². The predicted molar refractivity (Wildman–Crippen MR) is 72.0 cm³/mol. The van der Waals surface area contributed by atoms with Gasteiger partial charge in [-0.15, -0.1) is 0 Å². The molecule has 1 rings (SSSR count). The Kier molecular flexibility index (Phi) is 4.53. The molecule has 0 aliphatic heterocycles. The molecular formula is C12H18N4O2. The fourth-order valence-electron chi connectivity index (χ4n) is 1.61. The van der Waals surface area contributed by atoms with E-state index in [1.54, 1.807) is 13.1 Å². The molecule has 4 N–H and O–H groups in total. The van der Waals surface area contributed by atoms with E-state index in [4.69, 9.17) is 16.2 Å². The van der Waals surface area contributed by atoms with Crippen LogP contribution in [0.15, 0.2) is 23.2 Å². The molecule has 0 aromatic heterocycles. The lowest BCUT2D eigenvalue weighted by Crippen LogP contribution is -2.30. The number of hydrogen-bond donors (Lipinski definition) is 2. The Balaban J connectivity index is 3.15. The number of anilines is 1. The topological polar surface area (TPSA) is 93.9 Å². The highest BCUT2D eigenvalue weighted by molar-refractivity contribution is 6.00. The summed E-state index contributed by atoms with van der Waals surface area (Å²) in [5.74, 6) is 0.359. The first kappa shape index (κ1) is 13.8. The number of ether oxygens (including phenoxy) is 1. The lowest BCUT2D eigenvalue weighted by Gasteiger charge is -2.20. The summed E-state index contributed by atoms with van der Waals surface area (Å²) >= 11 is 0. The van der Waals surface area contributed by atoms with Crippen LogP contribution in [0.25, 0.3) is 0 Å². The van der Waals surface area contributed by atoms with E-state index < -0.39 is 6.03 Å². The van der Waals surface area contributed by atoms with Crippen LogP contribution in [0.5, 0.6) is 5.75 Å². The highest BCUT2D eigenvalue weighted by Gasteiger charge is 2.17. The zero-order valence-electron chi connectivity index (χ0n) is 10.8. The van der Waals surface area contributed by atoms with E-state index in [-0.39, 0.29) is 5.96 Å². The molecule has 0 bridgehead atoms. The molecule has 0 atom stereocenters. The number of para-hydroxylation sites is 1. The molecule has 0 aliphatic rings. The molecule has 2 amide bonds. The maximum Gasteiger partial charge on any atom is 0.351 e. The number of urea groups is 1. The van der Waals surface area contributed by atoms with Crippen molar-refractivity contribution in [2.24, 2.45) is 16.5 Å². The van der Waals surface area contributed by atoms with E-state index in [1.165, 1.54) is 4.90 Å². The molecule has 1 aromatic rings. The third kappa shape index (κ3) is 3.13. The Morgan fingerprint density at radius 3 is 2.67 bits per heavy atom. The van der Waals surface area contributed by atoms with Crippen LogP contribution in [0, 0.1) is 6.92 Å². The second-order valence-corrected chi connectivity index (χ2v) is 3.73. The molecule has 0 spiro atoms. The lowest BCUT2D eigenvalue weighted by molar-refractivity contribution is 0.255. The van der Waals surface area contributed by atoms with Gasteiger partial charge < -0.3 is 16.2 Å². The van der Waals surface area contributed by atoms with E-state index in [9.17, 15) is 4.79 Å². The third-order valence-corrected chi connectivity index (χ3v) is 2.35. The largest absolute Gasteiger partial charge is 0.492 e. The second kappa shape index (κ2) is 5.90. The molecule has 0 saturated carbocycles. The second-order valence-electron chi connectivity index (χ2n) is 3.73. The van der Waals surface area contributed by atoms with Crippen molar-refractivity contribution in [3.63, 3.8) is 0 Å². The van der Waals surface area contributed by atoms with Crippen LogP contribution < -0.4 is 21.1 Å². The van der Waals surface area contributed by atoms with E-state index in [0.29, 0.717) is 18.0 Å². The van der Waals surface area contributed by atoms with Crippen LogP contribution >= 0.6 is 0 Å². The Hall–Kier alpha value is -2.24. The molecule has 6 nitrogen and oxygen atoms in total. The highest BCUT2D eigenvalue weighted by Crippen LogP contribution is 2.31. The molecule has 1 aromatic carbocycles. The Morgan fingerprint density at radius 2 is 2.11 bits per heavy atom. The van der Waals surface area contributed by atoms with E-state index in [2.05, 4.69) is 4.99 Å². The van der Waals surface area contributed by atoms with Crippen LogP contribution in [0.1, 0.15) is 12.5 Å². The number of hydrogen-bond acceptors (Lipinski definition) is 2. The SMILES string of the molecule is CCOc1cccc(C)c1N(C)C(=O)N=C(N)N. The molecule has 0 fully saturated rings. The average molecular weight is 250 g/mol. The quantitative estimate of drug-likeness (QED) is 0.623. The summed E-state index contributed by atoms with van der Waals surface area (Å²) in [4.78, 5) is 16.6. The molecule has 0 aliphatic carbocycles. The Labute approximate surface area is 106 Å². The number of rotatable bonds is 3. The summed E-state index contributed by atoms with van der Waals surface area (Å²) in [5.41, 5.74) is 12.0. The number of amides is 2. The first-order chi connectivity index (χ1) is 8.47. The highest BCUT2D eigenvalue weighted by atomic mass is 16.5. The summed E-state index contributed by atoms with van der Waals surface area (Å²) in [6.07, 6.45) is 0. The van der Waals surface area contributed by atoms with Gasteiger partial charge in [0.1, 0.15) is 5.75 Å². The zero-order chi connectivity index (χ0) is 13.7. The summed E-state index contributed by atoms with van der Waals surface area (Å²) in [6.45, 7) is 4.28. The molecule has 6 heteroatoms. The monoisotopic (exact) mass is 250 g/mol. The van der Waals surface area contributed by atoms with Crippen LogP contribution in [0.3, 0.4) is 0 Å². The van der Waals surface area contributed by atoms with Crippen molar-refractivity contribution in [1.82, 2.24) is 0 Å². The smallest absolute Gasteiger partial charge is 0.351 e. The van der Waals surface area contributed by atoms with Gasteiger partial charge in [0, 0.05) is 7.05 Å². The van der Waals surface area contributed by atoms with Crippen molar-refractivity contribution in [1.29, 1.82) is 0 Å². The van der Waals surface area contributed by atoms with Crippen molar-refractivity contribution in [2.45, 2.75) is 13.8 Å². The van der Waals surface area contributed by atoms with Crippen molar-refractivity contribution in [3.05, 3.63) is 23.8 Å². The van der Waals surface area contributed by atoms with E-state index >= 15 is 0 Å². The van der Waals surface area contributed by atoms with Gasteiger partial charge in [-0.2, -0.15) is 4.99 Å². The first-order valence-electron chi connectivity index (χ1n) is 5.57. The first-order valence-corrected chi connectivity index (χ1v) is 5.57. The Morgan fingerprint density at radius 1 is 1.44 bits per heavy atom. The Bertz CT molecular complexity index is 467. The van der Waals surface area contributed by atoms with Crippen LogP contribution in [0.4, 0.5) is 10.5 Å². The maximum atomic E-state index is 11.8. The van der Waals surface area contributed by atoms with Gasteiger partial charge in [-0.3, -0.25) is 4.90 Å². The number of guanidine groups is 1. The number of aryl methyl sites for hydroxylation is 1. The van der Waals surface area contributed by atoms with Crippen LogP contribution in [0.2, 0.25) is 0 Å². The van der Waals surface area contributed by atoms with Gasteiger partial charge in [0.25, 0.3) is 0 Å². The minimum absolute atomic E-state index is 0.265. The average Bonchev–Trinajstić information content (AvgIpc) is 2.28. The molecular weight excluding hydrogens is 232 g/mol. The van der Waals surface area contributed by atoms with Crippen molar-refractivity contribution >= 4 is 17.7 Å². The standard InChI is InChI=1S/C12H18N4O2/c1-4-18-9-7-5-6-8(2)10(9)16(3)12(17)15-11(13)14/h5-7H,4H2,1-3H3,(H4,13,14,15,17). The summed E-state index contributed by atoms with van der Waals surface area (Å²) in [6, 6.07) is 5.01. The molecule has 0 radical (unpaired) electrons. The van der Waals surface area contributed by atoms with Crippen LogP contribution in [-0.4, -0.2) is 25.6 Å². The summed E-state index contributed by atoms with van der Waals surface area (Å²) < 4.78 is 5.49. The number of carbonyl (C=O) groups excluding carboxylic acids is 1. The number of nitrogens with zero attached hydrogens (tertiary/aromatic N) is 2. The number of benzene rings is 1. The minimum atomic E-state index is -0.537. The molecule has 0 unspecified atom stereocenters. The molecule has 98 valence electrons. The zero-order valence-corrected chi connectivity index (χ0v) is 10.8. The maximum absolute atomic E-state index is 11.8. The number of nitrogens with two attached hydrogens (primary N) is 2. The summed E-state index contributed by atoms with van der Waals surface area (Å²) in [7, 11) is 1.60. The lowest BCUT2D eigenvalue weighted by atomic mass is 10.1. The summed E-state index contributed by atoms with van der Waals surface area (Å²) in [5, 5.41) is 0. The molecule has 18 heavy (non-hydrogen) atoms. The number of carbonyl (C=O) groups is 1. The normalized spacial score (nSPS) is 9.72. The predicted octanol–water partition coefficient (Wildman–Crippen LogP) is 1.22.